The Kier molecular flexibility index (Phi) is 9.39. The van der Waals surface area contributed by atoms with Crippen LogP contribution in [0.2, 0.25) is 0 Å². The largest absolute Gasteiger partial charge is 0.480 e. The Morgan fingerprint density at radius 2 is 1.84 bits per heavy atom. The fourth-order valence-electron chi connectivity index (χ4n) is 4.63. The third kappa shape index (κ3) is 7.56. The number of aliphatic carboxylic acids is 1. The lowest BCUT2D eigenvalue weighted by molar-refractivity contribution is -0.144. The molecule has 1 saturated carbocycles. The molecule has 2 N–H and O–H groups in total. The zero-order valence-corrected chi connectivity index (χ0v) is 21.6. The molecule has 3 atom stereocenters. The molecular weight excluding hydrogens is 489 g/mol. The summed E-state index contributed by atoms with van der Waals surface area (Å²) < 4.78 is 50.5. The average molecular weight is 525 g/mol. The van der Waals surface area contributed by atoms with Gasteiger partial charge < -0.3 is 19.6 Å². The van der Waals surface area contributed by atoms with Crippen LogP contribution in [0.15, 0.2) is 28.7 Å². The van der Waals surface area contributed by atoms with Crippen LogP contribution in [0, 0.1) is 17.8 Å². The number of hydrogen-bond acceptors (Lipinski definition) is 5. The minimum atomic E-state index is -4.41. The van der Waals surface area contributed by atoms with E-state index in [1.807, 2.05) is 13.8 Å². The zero-order valence-electron chi connectivity index (χ0n) is 21.6. The summed E-state index contributed by atoms with van der Waals surface area (Å²) in [7, 11) is 0. The predicted molar refractivity (Wildman–Crippen MR) is 131 cm³/mol. The molecule has 10 heteroatoms. The Morgan fingerprint density at radius 1 is 1.16 bits per heavy atom. The second kappa shape index (κ2) is 12.1. The van der Waals surface area contributed by atoms with E-state index in [1.165, 1.54) is 12.1 Å². The molecule has 0 bridgehead atoms. The molecule has 3 rings (SSSR count). The molecule has 0 saturated heterocycles. The minimum Gasteiger partial charge on any atom is -0.480 e. The molecule has 2 aromatic rings. The molecule has 1 heterocycles. The van der Waals surface area contributed by atoms with Gasteiger partial charge in [0.25, 0.3) is 0 Å². The van der Waals surface area contributed by atoms with E-state index in [-0.39, 0.29) is 42.1 Å². The number of ether oxygens (including phenoxy) is 1. The van der Waals surface area contributed by atoms with Gasteiger partial charge in [0, 0.05) is 24.0 Å². The van der Waals surface area contributed by atoms with Gasteiger partial charge in [0.1, 0.15) is 17.5 Å². The highest BCUT2D eigenvalue weighted by molar-refractivity contribution is 5.85. The number of carboxylic acids is 1. The van der Waals surface area contributed by atoms with Crippen molar-refractivity contribution in [2.24, 2.45) is 17.8 Å². The molecule has 1 aromatic carbocycles. The van der Waals surface area contributed by atoms with Crippen LogP contribution >= 0.6 is 0 Å². The van der Waals surface area contributed by atoms with Gasteiger partial charge in [0.05, 0.1) is 12.2 Å². The second-order valence-electron chi connectivity index (χ2n) is 10.4. The van der Waals surface area contributed by atoms with Crippen molar-refractivity contribution in [2.75, 3.05) is 6.61 Å². The third-order valence-electron chi connectivity index (χ3n) is 6.69. The summed E-state index contributed by atoms with van der Waals surface area (Å²) in [5.74, 6) is -0.737. The van der Waals surface area contributed by atoms with Crippen molar-refractivity contribution in [2.45, 2.75) is 78.1 Å². The Bertz CT molecular complexity index is 1060. The fraction of sp³-hybridized carbons (Fsp3) is 0.593. The maximum absolute atomic E-state index is 12.9. The Labute approximate surface area is 214 Å². The quantitative estimate of drug-likeness (QED) is 0.393. The van der Waals surface area contributed by atoms with Crippen LogP contribution in [0.5, 0.6) is 0 Å². The van der Waals surface area contributed by atoms with E-state index >= 15 is 0 Å². The summed E-state index contributed by atoms with van der Waals surface area (Å²) in [6, 6.07) is 3.76. The van der Waals surface area contributed by atoms with Crippen LogP contribution in [0.4, 0.5) is 13.2 Å². The van der Waals surface area contributed by atoms with Crippen LogP contribution in [0.3, 0.4) is 0 Å². The van der Waals surface area contributed by atoms with Crippen LogP contribution in [-0.2, 0) is 27.1 Å². The molecule has 1 fully saturated rings. The van der Waals surface area contributed by atoms with Gasteiger partial charge in [0.2, 0.25) is 11.8 Å². The number of halogens is 3. The summed E-state index contributed by atoms with van der Waals surface area (Å²) in [6.45, 7) is 7.98. The summed E-state index contributed by atoms with van der Waals surface area (Å²) >= 11 is 0. The summed E-state index contributed by atoms with van der Waals surface area (Å²) in [4.78, 5) is 28.6. The van der Waals surface area contributed by atoms with E-state index in [9.17, 15) is 27.9 Å². The standard InChI is InChI=1S/C27H35F3N2O5/c1-15(2)22(26(34)35)32-24(33)19-7-5-6-17(12-19)13-36-14-21-23(16(3)4)37-25(31-21)18-8-10-20(11-9-18)27(28,29)30/h8-11,15-17,19,22H,5-7,12-14H2,1-4H3,(H,32,33)(H,34,35). The number of oxazole rings is 1. The Morgan fingerprint density at radius 3 is 2.41 bits per heavy atom. The van der Waals surface area contributed by atoms with Gasteiger partial charge in [-0.1, -0.05) is 34.1 Å². The molecule has 1 aliphatic rings. The topological polar surface area (TPSA) is 102 Å². The van der Waals surface area contributed by atoms with E-state index in [4.69, 9.17) is 9.15 Å². The number of carbonyl (C=O) groups is 2. The molecule has 37 heavy (non-hydrogen) atoms. The maximum Gasteiger partial charge on any atom is 0.416 e. The first-order valence-corrected chi connectivity index (χ1v) is 12.6. The predicted octanol–water partition coefficient (Wildman–Crippen LogP) is 6.03. The highest BCUT2D eigenvalue weighted by Crippen LogP contribution is 2.33. The van der Waals surface area contributed by atoms with Crippen LogP contribution in [0.25, 0.3) is 11.5 Å². The molecule has 7 nitrogen and oxygen atoms in total. The molecule has 0 radical (unpaired) electrons. The first-order valence-electron chi connectivity index (χ1n) is 12.6. The minimum absolute atomic E-state index is 0.000179. The lowest BCUT2D eigenvalue weighted by Crippen LogP contribution is -2.47. The van der Waals surface area contributed by atoms with E-state index in [2.05, 4.69) is 10.3 Å². The lowest BCUT2D eigenvalue weighted by Gasteiger charge is -2.29. The smallest absolute Gasteiger partial charge is 0.416 e. The van der Waals surface area contributed by atoms with Crippen molar-refractivity contribution in [3.63, 3.8) is 0 Å². The van der Waals surface area contributed by atoms with Crippen molar-refractivity contribution in [3.05, 3.63) is 41.3 Å². The van der Waals surface area contributed by atoms with Crippen molar-refractivity contribution in [3.8, 4) is 11.5 Å². The maximum atomic E-state index is 12.9. The normalized spacial score (nSPS) is 19.3. The van der Waals surface area contributed by atoms with Crippen molar-refractivity contribution >= 4 is 11.9 Å². The summed E-state index contributed by atoms with van der Waals surface area (Å²) in [6.07, 6.45) is -1.33. The molecule has 1 aromatic heterocycles. The first kappa shape index (κ1) is 28.7. The van der Waals surface area contributed by atoms with Gasteiger partial charge in [-0.15, -0.1) is 0 Å². The monoisotopic (exact) mass is 524 g/mol. The van der Waals surface area contributed by atoms with Gasteiger partial charge >= 0.3 is 12.1 Å². The number of carboxylic acid groups (broad SMARTS) is 1. The van der Waals surface area contributed by atoms with Crippen LogP contribution < -0.4 is 5.32 Å². The van der Waals surface area contributed by atoms with E-state index in [1.54, 1.807) is 13.8 Å². The average Bonchev–Trinajstić information content (AvgIpc) is 3.26. The number of hydrogen-bond donors (Lipinski definition) is 2. The SMILES string of the molecule is CC(C)c1oc(-c2ccc(C(F)(F)F)cc2)nc1COCC1CCCC(C(=O)NC(C(=O)O)C(C)C)C1. The highest BCUT2D eigenvalue weighted by Gasteiger charge is 2.32. The summed E-state index contributed by atoms with van der Waals surface area (Å²) in [5, 5.41) is 12.0. The van der Waals surface area contributed by atoms with Crippen molar-refractivity contribution in [1.82, 2.24) is 10.3 Å². The summed E-state index contributed by atoms with van der Waals surface area (Å²) in [5.41, 5.74) is 0.303. The number of benzene rings is 1. The molecular formula is C27H35F3N2O5. The fourth-order valence-corrected chi connectivity index (χ4v) is 4.63. The van der Waals surface area contributed by atoms with Crippen LogP contribution in [-0.4, -0.2) is 34.6 Å². The number of aromatic nitrogens is 1. The number of nitrogens with zero attached hydrogens (tertiary/aromatic N) is 1. The van der Waals surface area contributed by atoms with E-state index < -0.39 is 23.8 Å². The first-order chi connectivity index (χ1) is 17.4. The van der Waals surface area contributed by atoms with Crippen LogP contribution in [0.1, 0.15) is 76.3 Å². The van der Waals surface area contributed by atoms with Gasteiger partial charge in [-0.25, -0.2) is 9.78 Å². The Hall–Kier alpha value is -2.88. The molecule has 0 aliphatic heterocycles. The second-order valence-corrected chi connectivity index (χ2v) is 10.4. The molecule has 3 unspecified atom stereocenters. The van der Waals surface area contributed by atoms with Gasteiger partial charge in [0.15, 0.2) is 0 Å². The van der Waals surface area contributed by atoms with Gasteiger partial charge in [-0.2, -0.15) is 13.2 Å². The van der Waals surface area contributed by atoms with Crippen molar-refractivity contribution in [1.29, 1.82) is 0 Å². The number of carbonyl (C=O) groups excluding carboxylic acids is 1. The van der Waals surface area contributed by atoms with Gasteiger partial charge in [-0.05, 0) is 55.4 Å². The number of rotatable bonds is 10. The molecule has 204 valence electrons. The number of alkyl halides is 3. The third-order valence-corrected chi connectivity index (χ3v) is 6.69. The Balaban J connectivity index is 1.60. The zero-order chi connectivity index (χ0) is 27.3. The lowest BCUT2D eigenvalue weighted by atomic mass is 9.81. The molecule has 1 aliphatic carbocycles. The van der Waals surface area contributed by atoms with Gasteiger partial charge in [-0.3, -0.25) is 4.79 Å². The van der Waals surface area contributed by atoms with E-state index in [0.29, 0.717) is 36.5 Å². The number of amides is 1. The van der Waals surface area contributed by atoms with Crippen molar-refractivity contribution < 1.29 is 37.0 Å². The molecule has 0 spiro atoms. The molecule has 1 amide bonds. The van der Waals surface area contributed by atoms with E-state index in [0.717, 1.165) is 25.0 Å². The highest BCUT2D eigenvalue weighted by atomic mass is 19.4. The number of nitrogens with one attached hydrogen (secondary N) is 1.